The number of hydrogen-bond acceptors (Lipinski definition) is 5. The standard InChI is InChI=1S/C27H29IN2O6S/c28-23-17-21(14-15-25(23)36-19-27(32)33)24(30-37(34,35)22-12-5-2-6-13-22)18-26(31)29-16-8-7-11-20-9-3-1-4-10-20/h1-6,9-10,12-15,17,24,30H,7-8,11,16,18-19H2,(H,29,31)(H,32,33). The van der Waals surface area contributed by atoms with Gasteiger partial charge in [-0.1, -0.05) is 54.6 Å². The van der Waals surface area contributed by atoms with Crippen molar-refractivity contribution in [3.05, 3.63) is 93.6 Å². The number of carboxylic acid groups (broad SMARTS) is 1. The zero-order chi connectivity index (χ0) is 26.7. The topological polar surface area (TPSA) is 122 Å². The highest BCUT2D eigenvalue weighted by Gasteiger charge is 2.24. The molecule has 196 valence electrons. The minimum absolute atomic E-state index is 0.0948. The Morgan fingerprint density at radius 1 is 0.946 bits per heavy atom. The number of carboxylic acids is 1. The summed E-state index contributed by atoms with van der Waals surface area (Å²) in [5, 5.41) is 11.7. The molecule has 1 amide bonds. The molecule has 8 nitrogen and oxygen atoms in total. The van der Waals surface area contributed by atoms with Crippen molar-refractivity contribution >= 4 is 44.5 Å². The molecule has 3 aromatic rings. The van der Waals surface area contributed by atoms with E-state index >= 15 is 0 Å². The first-order chi connectivity index (χ1) is 17.7. The van der Waals surface area contributed by atoms with Gasteiger partial charge in [0, 0.05) is 13.0 Å². The molecule has 37 heavy (non-hydrogen) atoms. The first-order valence-corrected chi connectivity index (χ1v) is 14.3. The largest absolute Gasteiger partial charge is 0.481 e. The average Bonchev–Trinajstić information content (AvgIpc) is 2.88. The van der Waals surface area contributed by atoms with E-state index in [1.165, 1.54) is 17.7 Å². The van der Waals surface area contributed by atoms with Crippen LogP contribution < -0.4 is 14.8 Å². The van der Waals surface area contributed by atoms with Crippen LogP contribution in [0.4, 0.5) is 0 Å². The van der Waals surface area contributed by atoms with Crippen LogP contribution >= 0.6 is 22.6 Å². The summed E-state index contributed by atoms with van der Waals surface area (Å²) < 4.78 is 34.6. The van der Waals surface area contributed by atoms with Gasteiger partial charge >= 0.3 is 5.97 Å². The van der Waals surface area contributed by atoms with E-state index in [0.717, 1.165) is 19.3 Å². The second kappa shape index (κ2) is 14.1. The minimum Gasteiger partial charge on any atom is -0.481 e. The third-order valence-electron chi connectivity index (χ3n) is 5.51. The maximum absolute atomic E-state index is 13.0. The molecular formula is C27H29IN2O6S. The first kappa shape index (κ1) is 28.6. The lowest BCUT2D eigenvalue weighted by Crippen LogP contribution is -2.34. The summed E-state index contributed by atoms with van der Waals surface area (Å²) in [6.07, 6.45) is 2.54. The van der Waals surface area contributed by atoms with Crippen LogP contribution in [0.25, 0.3) is 0 Å². The molecule has 3 N–H and O–H groups in total. The van der Waals surface area contributed by atoms with Crippen LogP contribution in [0.1, 0.15) is 36.4 Å². The van der Waals surface area contributed by atoms with E-state index in [2.05, 4.69) is 22.2 Å². The van der Waals surface area contributed by atoms with Crippen LogP contribution in [0.15, 0.2) is 83.8 Å². The molecular weight excluding hydrogens is 607 g/mol. The van der Waals surface area contributed by atoms with E-state index in [0.29, 0.717) is 21.4 Å². The molecule has 0 fully saturated rings. The number of rotatable bonds is 14. The van der Waals surface area contributed by atoms with Crippen molar-refractivity contribution in [2.45, 2.75) is 36.6 Å². The number of nitrogens with one attached hydrogen (secondary N) is 2. The Labute approximate surface area is 230 Å². The second-order valence-corrected chi connectivity index (χ2v) is 11.2. The maximum atomic E-state index is 13.0. The van der Waals surface area contributed by atoms with Crippen LogP contribution in [-0.4, -0.2) is 38.6 Å². The Hall–Kier alpha value is -2.96. The smallest absolute Gasteiger partial charge is 0.341 e. The van der Waals surface area contributed by atoms with Gasteiger partial charge in [0.25, 0.3) is 0 Å². The Morgan fingerprint density at radius 3 is 2.27 bits per heavy atom. The Kier molecular flexibility index (Phi) is 10.9. The van der Waals surface area contributed by atoms with E-state index in [1.54, 1.807) is 36.4 Å². The van der Waals surface area contributed by atoms with E-state index in [9.17, 15) is 18.0 Å². The quantitative estimate of drug-likeness (QED) is 0.179. The molecule has 0 radical (unpaired) electrons. The molecule has 1 atom stereocenters. The minimum atomic E-state index is -3.90. The number of aliphatic carboxylic acids is 1. The summed E-state index contributed by atoms with van der Waals surface area (Å²) in [4.78, 5) is 23.7. The van der Waals surface area contributed by atoms with Gasteiger partial charge in [-0.2, -0.15) is 0 Å². The van der Waals surface area contributed by atoms with Crippen LogP contribution in [0, 0.1) is 3.57 Å². The Balaban J connectivity index is 1.67. The molecule has 3 rings (SSSR count). The number of sulfonamides is 1. The molecule has 0 saturated carbocycles. The van der Waals surface area contributed by atoms with E-state index in [1.807, 2.05) is 40.8 Å². The average molecular weight is 637 g/mol. The molecule has 1 unspecified atom stereocenters. The number of aryl methyl sites for hydroxylation is 1. The molecule has 0 bridgehead atoms. The van der Waals surface area contributed by atoms with Gasteiger partial charge in [-0.05, 0) is 77.2 Å². The van der Waals surface area contributed by atoms with E-state index < -0.39 is 28.6 Å². The van der Waals surface area contributed by atoms with Crippen molar-refractivity contribution in [3.63, 3.8) is 0 Å². The summed E-state index contributed by atoms with van der Waals surface area (Å²) in [6.45, 7) is -0.00455. The number of carbonyl (C=O) groups is 2. The summed E-state index contributed by atoms with van der Waals surface area (Å²) in [7, 11) is -3.90. The number of hydrogen-bond donors (Lipinski definition) is 3. The van der Waals surface area contributed by atoms with Gasteiger partial charge in [0.05, 0.1) is 14.5 Å². The van der Waals surface area contributed by atoms with Gasteiger partial charge in [-0.15, -0.1) is 0 Å². The number of unbranched alkanes of at least 4 members (excludes halogenated alkanes) is 1. The third kappa shape index (κ3) is 9.45. The fourth-order valence-corrected chi connectivity index (χ4v) is 5.60. The van der Waals surface area contributed by atoms with Crippen molar-refractivity contribution in [2.24, 2.45) is 0 Å². The van der Waals surface area contributed by atoms with Crippen molar-refractivity contribution in [3.8, 4) is 5.75 Å². The predicted octanol–water partition coefficient (Wildman–Crippen LogP) is 4.30. The molecule has 0 aliphatic carbocycles. The van der Waals surface area contributed by atoms with Crippen LogP contribution in [0.3, 0.4) is 0 Å². The zero-order valence-electron chi connectivity index (χ0n) is 20.1. The highest BCUT2D eigenvalue weighted by Crippen LogP contribution is 2.28. The number of carbonyl (C=O) groups excluding carboxylic acids is 1. The lowest BCUT2D eigenvalue weighted by Gasteiger charge is -2.20. The van der Waals surface area contributed by atoms with E-state index in [-0.39, 0.29) is 17.2 Å². The van der Waals surface area contributed by atoms with Gasteiger partial charge in [-0.3, -0.25) is 4.79 Å². The Morgan fingerprint density at radius 2 is 1.62 bits per heavy atom. The molecule has 0 aliphatic rings. The van der Waals surface area contributed by atoms with Crippen molar-refractivity contribution in [1.29, 1.82) is 0 Å². The van der Waals surface area contributed by atoms with Gasteiger partial charge in [0.2, 0.25) is 15.9 Å². The molecule has 10 heteroatoms. The zero-order valence-corrected chi connectivity index (χ0v) is 23.1. The summed E-state index contributed by atoms with van der Waals surface area (Å²) in [6, 6.07) is 22.1. The van der Waals surface area contributed by atoms with Crippen molar-refractivity contribution in [2.75, 3.05) is 13.2 Å². The number of benzene rings is 3. The highest BCUT2D eigenvalue weighted by atomic mass is 127. The van der Waals surface area contributed by atoms with Crippen LogP contribution in [0.5, 0.6) is 5.75 Å². The molecule has 0 heterocycles. The summed E-state index contributed by atoms with van der Waals surface area (Å²) >= 11 is 1.99. The SMILES string of the molecule is O=C(O)COc1ccc(C(CC(=O)NCCCCc2ccccc2)NS(=O)(=O)c2ccccc2)cc1I. The number of amides is 1. The third-order valence-corrected chi connectivity index (χ3v) is 7.84. The summed E-state index contributed by atoms with van der Waals surface area (Å²) in [5.41, 5.74) is 1.81. The molecule has 0 saturated heterocycles. The lowest BCUT2D eigenvalue weighted by molar-refractivity contribution is -0.139. The van der Waals surface area contributed by atoms with Gasteiger partial charge in [-0.25, -0.2) is 17.9 Å². The van der Waals surface area contributed by atoms with Gasteiger partial charge < -0.3 is 15.2 Å². The summed E-state index contributed by atoms with van der Waals surface area (Å²) in [5.74, 6) is -1.02. The number of halogens is 1. The number of ether oxygens (including phenoxy) is 1. The fraction of sp³-hybridized carbons (Fsp3) is 0.259. The fourth-order valence-electron chi connectivity index (χ4n) is 3.66. The molecule has 0 aliphatic heterocycles. The van der Waals surface area contributed by atoms with Gasteiger partial charge in [0.1, 0.15) is 5.75 Å². The van der Waals surface area contributed by atoms with Crippen LogP contribution in [0.2, 0.25) is 0 Å². The molecule has 3 aromatic carbocycles. The monoisotopic (exact) mass is 636 g/mol. The van der Waals surface area contributed by atoms with E-state index in [4.69, 9.17) is 9.84 Å². The second-order valence-electron chi connectivity index (χ2n) is 8.36. The predicted molar refractivity (Wildman–Crippen MR) is 149 cm³/mol. The molecule has 0 aromatic heterocycles. The van der Waals surface area contributed by atoms with Gasteiger partial charge in [0.15, 0.2) is 6.61 Å². The van der Waals surface area contributed by atoms with Crippen molar-refractivity contribution < 1.29 is 27.9 Å². The normalized spacial score (nSPS) is 12.0. The van der Waals surface area contributed by atoms with Crippen molar-refractivity contribution in [1.82, 2.24) is 10.0 Å². The highest BCUT2D eigenvalue weighted by molar-refractivity contribution is 14.1. The molecule has 0 spiro atoms. The maximum Gasteiger partial charge on any atom is 0.341 e. The lowest BCUT2D eigenvalue weighted by atomic mass is 10.0. The Bertz CT molecular complexity index is 1290. The first-order valence-electron chi connectivity index (χ1n) is 11.8. The van der Waals surface area contributed by atoms with Crippen LogP contribution in [-0.2, 0) is 26.0 Å².